The van der Waals surface area contributed by atoms with Crippen LogP contribution < -0.4 is 4.90 Å². The van der Waals surface area contributed by atoms with Crippen molar-refractivity contribution >= 4 is 112 Å². The lowest BCUT2D eigenvalue weighted by molar-refractivity contribution is 1.32. The zero-order valence-electron chi connectivity index (χ0n) is 24.2. The highest BCUT2D eigenvalue weighted by Gasteiger charge is 2.20. The molecule has 0 aliphatic rings. The maximum Gasteiger partial charge on any atom is 0.0546 e. The number of nitrogens with zero attached hydrogens (tertiary/aromatic N) is 1. The third kappa shape index (κ3) is 3.78. The van der Waals surface area contributed by atoms with Crippen molar-refractivity contribution in [2.24, 2.45) is 0 Å². The minimum absolute atomic E-state index is 1.16. The molecule has 10 rings (SSSR count). The topological polar surface area (TPSA) is 3.24 Å². The fourth-order valence-corrected chi connectivity index (χ4v) is 9.35. The normalized spacial score (nSPS) is 12.0. The van der Waals surface area contributed by atoms with E-state index >= 15 is 0 Å². The van der Waals surface area contributed by atoms with Gasteiger partial charge in [0.25, 0.3) is 0 Å². The van der Waals surface area contributed by atoms with E-state index in [2.05, 4.69) is 157 Å². The lowest BCUT2D eigenvalue weighted by atomic mass is 9.94. The van der Waals surface area contributed by atoms with Crippen LogP contribution in [0.1, 0.15) is 0 Å². The van der Waals surface area contributed by atoms with Gasteiger partial charge in [-0.1, -0.05) is 97.1 Å². The summed E-state index contributed by atoms with van der Waals surface area (Å²) in [6, 6.07) is 56.1. The lowest BCUT2D eigenvalue weighted by Crippen LogP contribution is -2.10. The molecule has 45 heavy (non-hydrogen) atoms. The molecular weight excluding hydrogens is 583 g/mol. The van der Waals surface area contributed by atoms with Gasteiger partial charge in [-0.3, -0.25) is 0 Å². The molecule has 0 fully saturated rings. The fraction of sp³-hybridized carbons (Fsp3) is 0. The van der Waals surface area contributed by atoms with E-state index in [1.54, 1.807) is 0 Å². The van der Waals surface area contributed by atoms with Gasteiger partial charge in [-0.2, -0.15) is 0 Å². The maximum atomic E-state index is 2.48. The largest absolute Gasteiger partial charge is 0.310 e. The summed E-state index contributed by atoms with van der Waals surface area (Å²) in [5, 5.41) is 12.9. The molecular formula is C42H25NS2. The van der Waals surface area contributed by atoms with Crippen molar-refractivity contribution in [3.8, 4) is 0 Å². The van der Waals surface area contributed by atoms with Crippen LogP contribution in [0.5, 0.6) is 0 Å². The number of hydrogen-bond donors (Lipinski definition) is 0. The fourth-order valence-electron chi connectivity index (χ4n) is 7.18. The summed E-state index contributed by atoms with van der Waals surface area (Å²) in [4.78, 5) is 2.48. The average molecular weight is 608 g/mol. The Morgan fingerprint density at radius 3 is 1.47 bits per heavy atom. The second kappa shape index (κ2) is 9.64. The minimum atomic E-state index is 1.16. The van der Waals surface area contributed by atoms with E-state index in [1.807, 2.05) is 22.7 Å². The van der Waals surface area contributed by atoms with Crippen LogP contribution in [-0.4, -0.2) is 0 Å². The zero-order valence-corrected chi connectivity index (χ0v) is 25.8. The van der Waals surface area contributed by atoms with Crippen LogP contribution in [0.3, 0.4) is 0 Å². The second-order valence-corrected chi connectivity index (χ2v) is 13.9. The molecule has 0 aliphatic carbocycles. The summed E-state index contributed by atoms with van der Waals surface area (Å²) >= 11 is 3.73. The van der Waals surface area contributed by atoms with Crippen molar-refractivity contribution in [1.29, 1.82) is 0 Å². The van der Waals surface area contributed by atoms with Crippen molar-refractivity contribution in [3.63, 3.8) is 0 Å². The molecule has 210 valence electrons. The summed E-state index contributed by atoms with van der Waals surface area (Å²) in [5.41, 5.74) is 3.51. The van der Waals surface area contributed by atoms with E-state index < -0.39 is 0 Å². The molecule has 0 bridgehead atoms. The molecule has 3 heteroatoms. The first-order valence-electron chi connectivity index (χ1n) is 15.3. The summed E-state index contributed by atoms with van der Waals surface area (Å²) in [5.74, 6) is 0. The standard InChI is InChI=1S/C42H25NS2/c1-2-10-30-26(9-1)17-18-27-23-37(31-11-3-4-14-34(31)42(27)30)43(28-19-21-40-35(24-28)32-12-5-7-15-38(32)44-40)29-20-22-41-36(25-29)33-13-6-8-16-39(33)45-41/h1-25H. The molecule has 0 saturated carbocycles. The molecule has 2 heterocycles. The van der Waals surface area contributed by atoms with Crippen LogP contribution in [0.15, 0.2) is 152 Å². The monoisotopic (exact) mass is 607 g/mol. The zero-order chi connectivity index (χ0) is 29.5. The van der Waals surface area contributed by atoms with E-state index in [1.165, 1.54) is 78.3 Å². The van der Waals surface area contributed by atoms with Gasteiger partial charge in [0.15, 0.2) is 0 Å². The highest BCUT2D eigenvalue weighted by atomic mass is 32.1. The van der Waals surface area contributed by atoms with Gasteiger partial charge in [0.2, 0.25) is 0 Å². The number of hydrogen-bond acceptors (Lipinski definition) is 3. The molecule has 0 saturated heterocycles. The van der Waals surface area contributed by atoms with E-state index in [4.69, 9.17) is 0 Å². The van der Waals surface area contributed by atoms with Crippen LogP contribution in [0, 0.1) is 0 Å². The van der Waals surface area contributed by atoms with Gasteiger partial charge in [0.1, 0.15) is 0 Å². The Morgan fingerprint density at radius 2 is 0.822 bits per heavy atom. The summed E-state index contributed by atoms with van der Waals surface area (Å²) in [6.07, 6.45) is 0. The van der Waals surface area contributed by atoms with Crippen molar-refractivity contribution in [2.45, 2.75) is 0 Å². The van der Waals surface area contributed by atoms with Crippen LogP contribution in [0.2, 0.25) is 0 Å². The number of rotatable bonds is 3. The first kappa shape index (κ1) is 25.1. The smallest absolute Gasteiger partial charge is 0.0546 e. The summed E-state index contributed by atoms with van der Waals surface area (Å²) < 4.78 is 5.28. The number of benzene rings is 8. The predicted octanol–water partition coefficient (Wildman–Crippen LogP) is 13.4. The Labute approximate surface area is 267 Å². The Morgan fingerprint density at radius 1 is 0.333 bits per heavy atom. The molecule has 0 atom stereocenters. The molecule has 0 N–H and O–H groups in total. The van der Waals surface area contributed by atoms with Gasteiger partial charge >= 0.3 is 0 Å². The van der Waals surface area contributed by atoms with Gasteiger partial charge in [-0.15, -0.1) is 22.7 Å². The van der Waals surface area contributed by atoms with Crippen LogP contribution in [0.25, 0.3) is 72.7 Å². The highest BCUT2D eigenvalue weighted by molar-refractivity contribution is 7.26. The van der Waals surface area contributed by atoms with Gasteiger partial charge in [0.05, 0.1) is 5.69 Å². The van der Waals surface area contributed by atoms with Gasteiger partial charge in [-0.25, -0.2) is 0 Å². The molecule has 0 unspecified atom stereocenters. The average Bonchev–Trinajstić information content (AvgIpc) is 3.66. The number of anilines is 3. The molecule has 0 amide bonds. The minimum Gasteiger partial charge on any atom is -0.310 e. The van der Waals surface area contributed by atoms with Crippen LogP contribution in [-0.2, 0) is 0 Å². The SMILES string of the molecule is c1ccc2c(c1)ccc1cc(N(c3ccc4sc5ccccc5c4c3)c3ccc4sc5ccccc5c4c3)c3ccccc3c12. The third-order valence-electron chi connectivity index (χ3n) is 9.20. The van der Waals surface area contributed by atoms with E-state index in [0.29, 0.717) is 0 Å². The van der Waals surface area contributed by atoms with E-state index in [0.717, 1.165) is 11.4 Å². The Bertz CT molecular complexity index is 2670. The Hall–Kier alpha value is -5.22. The molecule has 1 nitrogen and oxygen atoms in total. The van der Waals surface area contributed by atoms with Gasteiger partial charge < -0.3 is 4.90 Å². The lowest BCUT2D eigenvalue weighted by Gasteiger charge is -2.28. The van der Waals surface area contributed by atoms with Crippen molar-refractivity contribution in [2.75, 3.05) is 4.90 Å². The predicted molar refractivity (Wildman–Crippen MR) is 199 cm³/mol. The Kier molecular flexibility index (Phi) is 5.39. The first-order valence-corrected chi connectivity index (χ1v) is 16.9. The number of fused-ring (bicyclic) bond motifs is 11. The molecule has 0 radical (unpaired) electrons. The van der Waals surface area contributed by atoms with Crippen molar-refractivity contribution in [1.82, 2.24) is 0 Å². The third-order valence-corrected chi connectivity index (χ3v) is 11.5. The van der Waals surface area contributed by atoms with Crippen LogP contribution >= 0.6 is 22.7 Å². The maximum absolute atomic E-state index is 2.48. The van der Waals surface area contributed by atoms with Gasteiger partial charge in [0, 0.05) is 57.1 Å². The van der Waals surface area contributed by atoms with Gasteiger partial charge in [-0.05, 0) is 81.5 Å². The van der Waals surface area contributed by atoms with E-state index in [-0.39, 0.29) is 0 Å². The van der Waals surface area contributed by atoms with Crippen molar-refractivity contribution in [3.05, 3.63) is 152 Å². The molecule has 0 spiro atoms. The quantitative estimate of drug-likeness (QED) is 0.181. The van der Waals surface area contributed by atoms with E-state index in [9.17, 15) is 0 Å². The second-order valence-electron chi connectivity index (χ2n) is 11.7. The first-order chi connectivity index (χ1) is 22.3. The molecule has 2 aromatic heterocycles. The summed E-state index contributed by atoms with van der Waals surface area (Å²) in [7, 11) is 0. The Balaban J connectivity index is 1.32. The highest BCUT2D eigenvalue weighted by Crippen LogP contribution is 2.47. The van der Waals surface area contributed by atoms with Crippen LogP contribution in [0.4, 0.5) is 17.1 Å². The molecule has 0 aliphatic heterocycles. The molecule has 8 aromatic carbocycles. The van der Waals surface area contributed by atoms with Crippen molar-refractivity contribution < 1.29 is 0 Å². The summed E-state index contributed by atoms with van der Waals surface area (Å²) in [6.45, 7) is 0. The molecule has 10 aromatic rings. The number of thiophene rings is 2.